The number of anilines is 1. The Morgan fingerprint density at radius 1 is 1.22 bits per heavy atom. The first-order valence-electron chi connectivity index (χ1n) is 11.0. The van der Waals surface area contributed by atoms with Gasteiger partial charge >= 0.3 is 0 Å². The van der Waals surface area contributed by atoms with Crippen LogP contribution in [-0.2, 0) is 4.79 Å². The molecule has 1 atom stereocenters. The number of nitrogens with one attached hydrogen (secondary N) is 2. The molecule has 4 rings (SSSR count). The lowest BCUT2D eigenvalue weighted by Crippen LogP contribution is -2.35. The highest BCUT2D eigenvalue weighted by atomic mass is 16.5. The fraction of sp³-hybridized carbons (Fsp3) is 0.308. The Labute approximate surface area is 188 Å². The van der Waals surface area contributed by atoms with Crippen LogP contribution < -0.4 is 20.1 Å². The first kappa shape index (κ1) is 21.8. The zero-order chi connectivity index (χ0) is 22.5. The Hall–Kier alpha value is -3.38. The van der Waals surface area contributed by atoms with Crippen LogP contribution in [0.2, 0.25) is 0 Å². The Balaban J connectivity index is 1.51. The van der Waals surface area contributed by atoms with Crippen LogP contribution in [0, 0.1) is 0 Å². The number of ether oxygens (including phenoxy) is 2. The summed E-state index contributed by atoms with van der Waals surface area (Å²) >= 11 is 0. The smallest absolute Gasteiger partial charge is 0.241 e. The fourth-order valence-electron chi connectivity index (χ4n) is 3.70. The third-order valence-electron chi connectivity index (χ3n) is 5.44. The van der Waals surface area contributed by atoms with Crippen LogP contribution in [0.1, 0.15) is 38.3 Å². The molecular formula is C26H29N3O3. The van der Waals surface area contributed by atoms with Gasteiger partial charge in [0.25, 0.3) is 0 Å². The summed E-state index contributed by atoms with van der Waals surface area (Å²) in [5.41, 5.74) is 2.59. The van der Waals surface area contributed by atoms with E-state index in [1.165, 1.54) is 0 Å². The van der Waals surface area contributed by atoms with Gasteiger partial charge in [-0.3, -0.25) is 9.78 Å². The van der Waals surface area contributed by atoms with Gasteiger partial charge in [0.05, 0.1) is 11.6 Å². The molecular weight excluding hydrogens is 402 g/mol. The van der Waals surface area contributed by atoms with Crippen molar-refractivity contribution in [1.29, 1.82) is 0 Å². The molecule has 0 bridgehead atoms. The van der Waals surface area contributed by atoms with Gasteiger partial charge in [-0.2, -0.15) is 0 Å². The highest BCUT2D eigenvalue weighted by Gasteiger charge is 2.21. The number of hydrogen-bond donors (Lipinski definition) is 2. The van der Waals surface area contributed by atoms with E-state index in [0.717, 1.165) is 47.4 Å². The normalized spacial score (nSPS) is 15.7. The molecule has 0 saturated carbocycles. The van der Waals surface area contributed by atoms with E-state index in [2.05, 4.69) is 31.1 Å². The first-order chi connectivity index (χ1) is 15.5. The molecule has 32 heavy (non-hydrogen) atoms. The molecule has 0 aliphatic carbocycles. The lowest BCUT2D eigenvalue weighted by molar-refractivity contribution is -0.117. The van der Waals surface area contributed by atoms with Crippen molar-refractivity contribution in [2.24, 2.45) is 0 Å². The molecule has 3 aromatic rings. The average molecular weight is 432 g/mol. The van der Waals surface area contributed by atoms with Crippen LogP contribution in [0.15, 0.2) is 61.2 Å². The number of carbonyl (C=O) groups excluding carboxylic acids is 1. The van der Waals surface area contributed by atoms with E-state index in [1.807, 2.05) is 48.5 Å². The molecule has 1 aliphatic heterocycles. The molecule has 1 aliphatic rings. The highest BCUT2D eigenvalue weighted by Crippen LogP contribution is 2.33. The fourth-order valence-corrected chi connectivity index (χ4v) is 3.70. The monoisotopic (exact) mass is 431 g/mol. The minimum atomic E-state index is -0.106. The van der Waals surface area contributed by atoms with Crippen molar-refractivity contribution < 1.29 is 14.3 Å². The molecule has 0 spiro atoms. The summed E-state index contributed by atoms with van der Waals surface area (Å²) in [7, 11) is 0. The number of amides is 1. The number of aromatic nitrogens is 1. The highest BCUT2D eigenvalue weighted by molar-refractivity contribution is 5.95. The van der Waals surface area contributed by atoms with Crippen molar-refractivity contribution in [3.63, 3.8) is 0 Å². The Morgan fingerprint density at radius 2 is 2.00 bits per heavy atom. The van der Waals surface area contributed by atoms with Gasteiger partial charge in [0.1, 0.15) is 23.9 Å². The lowest BCUT2D eigenvalue weighted by atomic mass is 10.1. The molecule has 0 radical (unpaired) electrons. The summed E-state index contributed by atoms with van der Waals surface area (Å²) in [5, 5.41) is 7.05. The largest absolute Gasteiger partial charge is 0.489 e. The predicted molar refractivity (Wildman–Crippen MR) is 128 cm³/mol. The van der Waals surface area contributed by atoms with E-state index in [-0.39, 0.29) is 11.9 Å². The second-order valence-electron chi connectivity index (χ2n) is 8.24. The lowest BCUT2D eigenvalue weighted by Gasteiger charge is -2.14. The number of benzene rings is 2. The number of pyridine rings is 1. The van der Waals surface area contributed by atoms with Gasteiger partial charge in [0.15, 0.2) is 0 Å². The number of carbonyl (C=O) groups is 1. The Morgan fingerprint density at radius 3 is 2.69 bits per heavy atom. The van der Waals surface area contributed by atoms with Crippen molar-refractivity contribution in [2.75, 3.05) is 18.5 Å². The number of hydrogen-bond acceptors (Lipinski definition) is 5. The molecule has 0 unspecified atom stereocenters. The predicted octanol–water partition coefficient (Wildman–Crippen LogP) is 5.41. The zero-order valence-corrected chi connectivity index (χ0v) is 18.6. The molecule has 1 amide bonds. The van der Waals surface area contributed by atoms with E-state index in [9.17, 15) is 4.79 Å². The van der Waals surface area contributed by atoms with Crippen LogP contribution in [0.3, 0.4) is 0 Å². The summed E-state index contributed by atoms with van der Waals surface area (Å²) in [6.07, 6.45) is 3.64. The van der Waals surface area contributed by atoms with Crippen LogP contribution in [0.25, 0.3) is 10.9 Å². The quantitative estimate of drug-likeness (QED) is 0.467. The maximum absolute atomic E-state index is 12.3. The average Bonchev–Trinajstić information content (AvgIpc) is 3.34. The summed E-state index contributed by atoms with van der Waals surface area (Å²) < 4.78 is 12.0. The van der Waals surface area contributed by atoms with Crippen LogP contribution >= 0.6 is 0 Å². The van der Waals surface area contributed by atoms with Crippen molar-refractivity contribution in [1.82, 2.24) is 10.3 Å². The van der Waals surface area contributed by atoms with E-state index >= 15 is 0 Å². The first-order valence-corrected chi connectivity index (χ1v) is 11.0. The molecule has 2 heterocycles. The van der Waals surface area contributed by atoms with Gasteiger partial charge in [0.2, 0.25) is 5.91 Å². The van der Waals surface area contributed by atoms with E-state index in [0.29, 0.717) is 24.0 Å². The maximum atomic E-state index is 12.3. The number of rotatable bonds is 8. The third-order valence-corrected chi connectivity index (χ3v) is 5.44. The molecule has 1 saturated heterocycles. The van der Waals surface area contributed by atoms with Crippen molar-refractivity contribution >= 4 is 22.5 Å². The van der Waals surface area contributed by atoms with Gasteiger partial charge in [-0.1, -0.05) is 26.5 Å². The molecule has 2 N–H and O–H groups in total. The maximum Gasteiger partial charge on any atom is 0.241 e. The summed E-state index contributed by atoms with van der Waals surface area (Å²) in [5.74, 6) is 2.44. The number of nitrogens with zero attached hydrogens (tertiary/aromatic N) is 1. The van der Waals surface area contributed by atoms with Crippen LogP contribution in [0.4, 0.5) is 5.69 Å². The van der Waals surface area contributed by atoms with E-state index in [1.54, 1.807) is 6.08 Å². The minimum Gasteiger partial charge on any atom is -0.489 e. The Kier molecular flexibility index (Phi) is 6.71. The SMILES string of the molecule is C=CCOc1cc(C(C)C)nc2ccc(Oc3ccc(NC(=O)[C@@H]4CCCN4)cc3)cc12. The second-order valence-corrected chi connectivity index (χ2v) is 8.24. The zero-order valence-electron chi connectivity index (χ0n) is 18.6. The van der Waals surface area contributed by atoms with Gasteiger partial charge < -0.3 is 20.1 Å². The topological polar surface area (TPSA) is 72.5 Å². The van der Waals surface area contributed by atoms with Crippen molar-refractivity contribution in [3.8, 4) is 17.2 Å². The summed E-state index contributed by atoms with van der Waals surface area (Å²) in [6, 6.07) is 15.0. The molecule has 1 aromatic heterocycles. The molecule has 6 nitrogen and oxygen atoms in total. The summed E-state index contributed by atoms with van der Waals surface area (Å²) in [4.78, 5) is 17.0. The van der Waals surface area contributed by atoms with Gasteiger partial charge in [-0.15, -0.1) is 0 Å². The van der Waals surface area contributed by atoms with Crippen LogP contribution in [0.5, 0.6) is 17.2 Å². The molecule has 6 heteroatoms. The van der Waals surface area contributed by atoms with Gasteiger partial charge in [0, 0.05) is 22.8 Å². The van der Waals surface area contributed by atoms with Gasteiger partial charge in [-0.25, -0.2) is 0 Å². The minimum absolute atomic E-state index is 0.00557. The summed E-state index contributed by atoms with van der Waals surface area (Å²) in [6.45, 7) is 9.28. The van der Waals surface area contributed by atoms with Gasteiger partial charge in [-0.05, 0) is 67.8 Å². The van der Waals surface area contributed by atoms with Crippen LogP contribution in [-0.4, -0.2) is 30.1 Å². The standard InChI is InChI=1S/C26H29N3O3/c1-4-14-31-25-16-24(17(2)3)29-22-12-11-20(15-21(22)25)32-19-9-7-18(8-10-19)28-26(30)23-6-5-13-27-23/h4,7-12,15-17,23,27H,1,5-6,13-14H2,2-3H3,(H,28,30)/t23-/m0/s1. The second kappa shape index (κ2) is 9.83. The third kappa shape index (κ3) is 5.08. The van der Waals surface area contributed by atoms with Crippen molar-refractivity contribution in [2.45, 2.75) is 38.6 Å². The Bertz CT molecular complexity index is 1100. The van der Waals surface area contributed by atoms with E-state index < -0.39 is 0 Å². The van der Waals surface area contributed by atoms with E-state index in [4.69, 9.17) is 14.5 Å². The van der Waals surface area contributed by atoms with Crippen molar-refractivity contribution in [3.05, 3.63) is 66.9 Å². The number of fused-ring (bicyclic) bond motifs is 1. The molecule has 2 aromatic carbocycles. The molecule has 1 fully saturated rings. The molecule has 166 valence electrons.